The molecule has 150 valence electrons. The topological polar surface area (TPSA) is 80.2 Å². The molecule has 8 heteroatoms. The Morgan fingerprint density at radius 2 is 1.79 bits per heavy atom. The number of aromatic nitrogens is 2. The van der Waals surface area contributed by atoms with Gasteiger partial charge < -0.3 is 4.79 Å². The molecule has 0 aliphatic carbocycles. The second kappa shape index (κ2) is 8.87. The van der Waals surface area contributed by atoms with Crippen LogP contribution in [0.2, 0.25) is 0 Å². The van der Waals surface area contributed by atoms with E-state index in [1.807, 2.05) is 0 Å². The molecule has 28 heavy (non-hydrogen) atoms. The van der Waals surface area contributed by atoms with Crippen LogP contribution in [0.25, 0.3) is 0 Å². The molecule has 6 nitrogen and oxygen atoms in total. The van der Waals surface area contributed by atoms with Crippen molar-refractivity contribution in [3.8, 4) is 0 Å². The molecule has 0 spiro atoms. The van der Waals surface area contributed by atoms with E-state index in [0.717, 1.165) is 5.56 Å². The number of piperidine rings is 1. The van der Waals surface area contributed by atoms with E-state index >= 15 is 0 Å². The van der Waals surface area contributed by atoms with Crippen LogP contribution in [-0.2, 0) is 14.8 Å². The lowest BCUT2D eigenvalue weighted by molar-refractivity contribution is -0.117. The van der Waals surface area contributed by atoms with Gasteiger partial charge in [-0.15, -0.1) is 0 Å². The maximum Gasteiger partial charge on any atom is 0.224 e. The second-order valence-electron chi connectivity index (χ2n) is 7.11. The van der Waals surface area contributed by atoms with Crippen LogP contribution in [0.4, 0.5) is 4.39 Å². The zero-order chi connectivity index (χ0) is 20.1. The maximum atomic E-state index is 13.3. The maximum absolute atomic E-state index is 13.3. The lowest BCUT2D eigenvalue weighted by Crippen LogP contribution is -2.40. The summed E-state index contributed by atoms with van der Waals surface area (Å²) in [5.41, 5.74) is 1.03. The Morgan fingerprint density at radius 3 is 2.36 bits per heavy atom. The molecule has 0 bridgehead atoms. The molecular formula is C20H24FN3O3S. The number of sulfonamides is 1. The van der Waals surface area contributed by atoms with Gasteiger partial charge >= 0.3 is 0 Å². The van der Waals surface area contributed by atoms with Gasteiger partial charge in [0, 0.05) is 31.9 Å². The highest BCUT2D eigenvalue weighted by atomic mass is 32.2. The molecule has 1 fully saturated rings. The molecule has 0 N–H and O–H groups in total. The fourth-order valence-corrected chi connectivity index (χ4v) is 5.46. The van der Waals surface area contributed by atoms with Crippen molar-refractivity contribution in [2.45, 2.75) is 43.8 Å². The van der Waals surface area contributed by atoms with Gasteiger partial charge in [0.15, 0.2) is 0 Å². The van der Waals surface area contributed by atoms with E-state index in [1.54, 1.807) is 18.2 Å². The van der Waals surface area contributed by atoms with E-state index in [9.17, 15) is 17.6 Å². The van der Waals surface area contributed by atoms with Gasteiger partial charge in [0.25, 0.3) is 0 Å². The monoisotopic (exact) mass is 405 g/mol. The van der Waals surface area contributed by atoms with Crippen LogP contribution in [0.3, 0.4) is 0 Å². The number of carbonyl (C=O) groups excluding carboxylic acids is 1. The predicted molar refractivity (Wildman–Crippen MR) is 104 cm³/mol. The minimum absolute atomic E-state index is 0.0638. The summed E-state index contributed by atoms with van der Waals surface area (Å²) in [7, 11) is -3.69. The summed E-state index contributed by atoms with van der Waals surface area (Å²) in [6.45, 7) is 2.21. The highest BCUT2D eigenvalue weighted by Crippen LogP contribution is 2.34. The third-order valence-electron chi connectivity index (χ3n) is 5.15. The van der Waals surface area contributed by atoms with Crippen LogP contribution in [-0.4, -0.2) is 41.6 Å². The molecule has 3 rings (SSSR count). The van der Waals surface area contributed by atoms with Crippen molar-refractivity contribution in [2.75, 3.05) is 13.1 Å². The van der Waals surface area contributed by atoms with E-state index < -0.39 is 15.3 Å². The molecule has 1 aromatic carbocycles. The molecular weight excluding hydrogens is 381 g/mol. The van der Waals surface area contributed by atoms with Crippen molar-refractivity contribution in [2.24, 2.45) is 0 Å². The van der Waals surface area contributed by atoms with Crippen LogP contribution in [0.15, 0.2) is 42.7 Å². The first-order chi connectivity index (χ1) is 13.4. The number of Topliss-reactive ketones (excluding diaryl/α,β-unsaturated/α-hetero) is 1. The third-order valence-corrected chi connectivity index (χ3v) is 7.40. The number of rotatable bonds is 7. The normalized spacial score (nSPS) is 17.4. The van der Waals surface area contributed by atoms with Crippen LogP contribution in [0.1, 0.15) is 55.2 Å². The van der Waals surface area contributed by atoms with Crippen molar-refractivity contribution >= 4 is 15.8 Å². The number of ketones is 1. The van der Waals surface area contributed by atoms with Gasteiger partial charge in [-0.05, 0) is 55.9 Å². The molecule has 1 atom stereocenters. The Kier molecular flexibility index (Phi) is 6.51. The molecule has 1 unspecified atom stereocenters. The Bertz CT molecular complexity index is 896. The molecule has 1 aromatic heterocycles. The Labute approximate surface area is 164 Å². The van der Waals surface area contributed by atoms with Gasteiger partial charge in [-0.1, -0.05) is 12.1 Å². The van der Waals surface area contributed by atoms with Crippen LogP contribution < -0.4 is 0 Å². The van der Waals surface area contributed by atoms with Gasteiger partial charge in [0.2, 0.25) is 10.0 Å². The number of halogens is 1. The molecule has 2 heterocycles. The average molecular weight is 405 g/mol. The number of benzene rings is 1. The first-order valence-corrected chi connectivity index (χ1v) is 10.9. The average Bonchev–Trinajstić information content (AvgIpc) is 2.69. The predicted octanol–water partition coefficient (Wildman–Crippen LogP) is 3.24. The largest absolute Gasteiger partial charge is 0.300 e. The quantitative estimate of drug-likeness (QED) is 0.706. The zero-order valence-electron chi connectivity index (χ0n) is 15.8. The molecule has 0 radical (unpaired) electrons. The summed E-state index contributed by atoms with van der Waals surface area (Å²) in [5, 5.41) is -0.931. The van der Waals surface area contributed by atoms with Gasteiger partial charge in [0.1, 0.15) is 22.7 Å². The summed E-state index contributed by atoms with van der Waals surface area (Å²) in [4.78, 5) is 19.7. The Hall–Kier alpha value is -2.19. The lowest BCUT2D eigenvalue weighted by atomic mass is 9.90. The van der Waals surface area contributed by atoms with Crippen molar-refractivity contribution in [3.05, 3.63) is 59.9 Å². The Balaban J connectivity index is 1.74. The van der Waals surface area contributed by atoms with Crippen LogP contribution in [0, 0.1) is 5.82 Å². The summed E-state index contributed by atoms with van der Waals surface area (Å²) < 4.78 is 41.2. The number of carbonyl (C=O) groups is 1. The minimum Gasteiger partial charge on any atom is -0.300 e. The molecule has 1 aliphatic heterocycles. The van der Waals surface area contributed by atoms with Crippen molar-refractivity contribution in [3.63, 3.8) is 0 Å². The van der Waals surface area contributed by atoms with E-state index in [-0.39, 0.29) is 36.2 Å². The van der Waals surface area contributed by atoms with Crippen molar-refractivity contribution in [1.82, 2.24) is 14.3 Å². The molecule has 1 saturated heterocycles. The summed E-state index contributed by atoms with van der Waals surface area (Å²) in [5.74, 6) is 0.0891. The lowest BCUT2D eigenvalue weighted by Gasteiger charge is -2.33. The van der Waals surface area contributed by atoms with Gasteiger partial charge in [-0.3, -0.25) is 0 Å². The summed E-state index contributed by atoms with van der Waals surface area (Å²) >= 11 is 0. The van der Waals surface area contributed by atoms with E-state index in [0.29, 0.717) is 25.9 Å². The van der Waals surface area contributed by atoms with E-state index in [2.05, 4.69) is 9.97 Å². The van der Waals surface area contributed by atoms with Crippen LogP contribution in [0.5, 0.6) is 0 Å². The van der Waals surface area contributed by atoms with Gasteiger partial charge in [-0.25, -0.2) is 27.1 Å². The number of hydrogen-bond acceptors (Lipinski definition) is 5. The smallest absolute Gasteiger partial charge is 0.224 e. The van der Waals surface area contributed by atoms with Gasteiger partial charge in [0.05, 0.1) is 0 Å². The van der Waals surface area contributed by atoms with Crippen LogP contribution >= 0.6 is 0 Å². The standard InChI is InChI=1S/C20H24FN3O3S/c1-15(25)3-8-19(20-22-11-2-12-23-20)28(26,27)24-13-9-17(10-14-24)16-4-6-18(21)7-5-16/h2,4-7,11-12,17,19H,3,8-10,13-14H2,1H3. The van der Waals surface area contributed by atoms with E-state index in [1.165, 1.54) is 35.8 Å². The first-order valence-electron chi connectivity index (χ1n) is 9.38. The molecule has 0 amide bonds. The minimum atomic E-state index is -3.69. The second-order valence-corrected chi connectivity index (χ2v) is 9.22. The SMILES string of the molecule is CC(=O)CCC(c1ncccn1)S(=O)(=O)N1CCC(c2ccc(F)cc2)CC1. The van der Waals surface area contributed by atoms with Crippen molar-refractivity contribution in [1.29, 1.82) is 0 Å². The number of nitrogens with zero attached hydrogens (tertiary/aromatic N) is 3. The molecule has 1 aliphatic rings. The molecule has 2 aromatic rings. The van der Waals surface area contributed by atoms with Gasteiger partial charge in [-0.2, -0.15) is 0 Å². The van der Waals surface area contributed by atoms with E-state index in [4.69, 9.17) is 0 Å². The first kappa shape index (κ1) is 20.5. The highest BCUT2D eigenvalue weighted by Gasteiger charge is 2.37. The summed E-state index contributed by atoms with van der Waals surface area (Å²) in [6, 6.07) is 8.02. The third kappa shape index (κ3) is 4.80. The highest BCUT2D eigenvalue weighted by molar-refractivity contribution is 7.89. The Morgan fingerprint density at radius 1 is 1.18 bits per heavy atom. The zero-order valence-corrected chi connectivity index (χ0v) is 16.6. The molecule has 0 saturated carbocycles. The fourth-order valence-electron chi connectivity index (χ4n) is 3.58. The van der Waals surface area contributed by atoms with Crippen molar-refractivity contribution < 1.29 is 17.6 Å². The number of hydrogen-bond donors (Lipinski definition) is 0. The fraction of sp³-hybridized carbons (Fsp3) is 0.450. The summed E-state index contributed by atoms with van der Waals surface area (Å²) in [6.07, 6.45) is 4.69.